The van der Waals surface area contributed by atoms with Crippen LogP contribution in [0.15, 0.2) is 22.7 Å². The number of fused-ring (bicyclic) bond motifs is 2. The first kappa shape index (κ1) is 13.3. The van der Waals surface area contributed by atoms with E-state index in [4.69, 9.17) is 0 Å². The van der Waals surface area contributed by atoms with Gasteiger partial charge < -0.3 is 10.2 Å². The quantitative estimate of drug-likeness (QED) is 0.887. The molecule has 0 spiro atoms. The van der Waals surface area contributed by atoms with Crippen molar-refractivity contribution in [2.24, 2.45) is 0 Å². The summed E-state index contributed by atoms with van der Waals surface area (Å²) in [5.41, 5.74) is 3.08. The van der Waals surface area contributed by atoms with E-state index < -0.39 is 0 Å². The number of hydrogen-bond donors (Lipinski definition) is 1. The number of aryl methyl sites for hydroxylation is 1. The third-order valence-corrected chi connectivity index (χ3v) is 5.93. The van der Waals surface area contributed by atoms with E-state index in [0.29, 0.717) is 6.04 Å². The Kier molecular flexibility index (Phi) is 3.61. The van der Waals surface area contributed by atoms with Crippen molar-refractivity contribution in [3.8, 4) is 0 Å². The third-order valence-electron chi connectivity index (χ3n) is 5.44. The van der Waals surface area contributed by atoms with Gasteiger partial charge in [-0.2, -0.15) is 0 Å². The van der Waals surface area contributed by atoms with Crippen molar-refractivity contribution in [2.75, 3.05) is 13.1 Å². The average Bonchev–Trinajstić information content (AvgIpc) is 3.05. The molecule has 0 saturated carbocycles. The summed E-state index contributed by atoms with van der Waals surface area (Å²) in [4.78, 5) is 2.71. The second-order valence-electron chi connectivity index (χ2n) is 6.65. The zero-order valence-corrected chi connectivity index (χ0v) is 13.5. The molecule has 1 aromatic carbocycles. The first-order valence-electron chi connectivity index (χ1n) is 8.08. The van der Waals surface area contributed by atoms with Gasteiger partial charge in [0.05, 0.1) is 0 Å². The molecule has 2 fully saturated rings. The van der Waals surface area contributed by atoms with Gasteiger partial charge in [0, 0.05) is 22.6 Å². The monoisotopic (exact) mass is 334 g/mol. The molecule has 0 aromatic heterocycles. The van der Waals surface area contributed by atoms with E-state index in [1.54, 1.807) is 5.56 Å². The molecule has 2 saturated heterocycles. The summed E-state index contributed by atoms with van der Waals surface area (Å²) in [7, 11) is 0. The number of nitrogens with zero attached hydrogens (tertiary/aromatic N) is 1. The predicted molar refractivity (Wildman–Crippen MR) is 86.0 cm³/mol. The normalized spacial score (nSPS) is 33.1. The van der Waals surface area contributed by atoms with Gasteiger partial charge in [-0.3, -0.25) is 0 Å². The van der Waals surface area contributed by atoms with Crippen LogP contribution in [0.1, 0.15) is 49.3 Å². The molecule has 3 unspecified atom stereocenters. The number of piperidine rings is 1. The Labute approximate surface area is 130 Å². The summed E-state index contributed by atoms with van der Waals surface area (Å²) in [6, 6.07) is 9.00. The fourth-order valence-electron chi connectivity index (χ4n) is 4.42. The molecule has 1 N–H and O–H groups in total. The lowest BCUT2D eigenvalue weighted by Crippen LogP contribution is -2.46. The van der Waals surface area contributed by atoms with E-state index in [-0.39, 0.29) is 0 Å². The Morgan fingerprint density at radius 2 is 2.10 bits per heavy atom. The lowest BCUT2D eigenvalue weighted by atomic mass is 9.96. The molecule has 3 aliphatic rings. The van der Waals surface area contributed by atoms with Crippen LogP contribution in [-0.4, -0.2) is 30.1 Å². The molecule has 0 radical (unpaired) electrons. The minimum absolute atomic E-state index is 0.594. The zero-order chi connectivity index (χ0) is 13.5. The molecule has 108 valence electrons. The largest absolute Gasteiger partial charge is 0.307 e. The van der Waals surface area contributed by atoms with Gasteiger partial charge in [0.1, 0.15) is 0 Å². The summed E-state index contributed by atoms with van der Waals surface area (Å²) in [5.74, 6) is 0. The smallest absolute Gasteiger partial charge is 0.0328 e. The first-order valence-corrected chi connectivity index (χ1v) is 8.87. The molecule has 2 heterocycles. The topological polar surface area (TPSA) is 15.3 Å². The molecule has 1 aliphatic carbocycles. The number of nitrogens with one attached hydrogen (secondary N) is 1. The maximum atomic E-state index is 3.96. The average molecular weight is 335 g/mol. The van der Waals surface area contributed by atoms with Crippen LogP contribution < -0.4 is 5.32 Å². The van der Waals surface area contributed by atoms with Gasteiger partial charge in [0.2, 0.25) is 0 Å². The van der Waals surface area contributed by atoms with E-state index in [9.17, 15) is 0 Å². The van der Waals surface area contributed by atoms with Crippen LogP contribution in [0.5, 0.6) is 0 Å². The number of hydrogen-bond acceptors (Lipinski definition) is 2. The highest BCUT2D eigenvalue weighted by atomic mass is 79.9. The van der Waals surface area contributed by atoms with E-state index in [1.807, 2.05) is 0 Å². The Morgan fingerprint density at radius 1 is 1.15 bits per heavy atom. The van der Waals surface area contributed by atoms with Gasteiger partial charge in [-0.15, -0.1) is 0 Å². The second kappa shape index (κ2) is 5.43. The van der Waals surface area contributed by atoms with Crippen LogP contribution in [0.3, 0.4) is 0 Å². The molecule has 2 nitrogen and oxygen atoms in total. The maximum absolute atomic E-state index is 3.96. The highest BCUT2D eigenvalue weighted by Crippen LogP contribution is 2.35. The van der Waals surface area contributed by atoms with Crippen LogP contribution in [0, 0.1) is 0 Å². The van der Waals surface area contributed by atoms with Crippen molar-refractivity contribution in [3.63, 3.8) is 0 Å². The predicted octanol–water partition coefficient (Wildman–Crippen LogP) is 3.65. The fraction of sp³-hybridized carbons (Fsp3) is 0.647. The van der Waals surface area contributed by atoms with E-state index in [0.717, 1.165) is 12.1 Å². The van der Waals surface area contributed by atoms with E-state index in [2.05, 4.69) is 44.3 Å². The van der Waals surface area contributed by atoms with Crippen LogP contribution in [0.4, 0.5) is 0 Å². The van der Waals surface area contributed by atoms with E-state index >= 15 is 0 Å². The Bertz CT molecular complexity index is 502. The molecule has 0 amide bonds. The van der Waals surface area contributed by atoms with Gasteiger partial charge in [-0.25, -0.2) is 0 Å². The van der Waals surface area contributed by atoms with Crippen molar-refractivity contribution >= 4 is 15.9 Å². The van der Waals surface area contributed by atoms with Gasteiger partial charge in [-0.1, -0.05) is 22.0 Å². The highest BCUT2D eigenvalue weighted by Gasteiger charge is 2.33. The van der Waals surface area contributed by atoms with Crippen molar-refractivity contribution < 1.29 is 0 Å². The summed E-state index contributed by atoms with van der Waals surface area (Å²) < 4.78 is 1.22. The van der Waals surface area contributed by atoms with Crippen LogP contribution in [0.25, 0.3) is 0 Å². The van der Waals surface area contributed by atoms with Crippen LogP contribution in [-0.2, 0) is 6.42 Å². The van der Waals surface area contributed by atoms with Gasteiger partial charge in [0.25, 0.3) is 0 Å². The third kappa shape index (κ3) is 2.44. The van der Waals surface area contributed by atoms with Crippen molar-refractivity contribution in [3.05, 3.63) is 33.8 Å². The summed E-state index contributed by atoms with van der Waals surface area (Å²) in [5, 5.41) is 3.96. The second-order valence-corrected chi connectivity index (χ2v) is 7.57. The SMILES string of the molecule is Brc1ccc2c(c1)CCC2NC1CCN2CCCC2C1. The van der Waals surface area contributed by atoms with Gasteiger partial charge >= 0.3 is 0 Å². The number of halogens is 1. The summed E-state index contributed by atoms with van der Waals surface area (Å²) >= 11 is 3.59. The molecular weight excluding hydrogens is 312 g/mol. The molecule has 1 aromatic rings. The molecular formula is C17H23BrN2. The molecule has 2 aliphatic heterocycles. The summed E-state index contributed by atoms with van der Waals surface area (Å²) in [6.07, 6.45) is 8.04. The molecule has 0 bridgehead atoms. The summed E-state index contributed by atoms with van der Waals surface area (Å²) in [6.45, 7) is 2.65. The van der Waals surface area contributed by atoms with Gasteiger partial charge in [0.15, 0.2) is 0 Å². The Hall–Kier alpha value is -0.380. The standard InChI is InChI=1S/C17H23BrN2/c18-13-4-5-16-12(10-13)3-6-17(16)19-14-7-9-20-8-1-2-15(20)11-14/h4-5,10,14-15,17,19H,1-3,6-9,11H2. The molecule has 3 atom stereocenters. The van der Waals surface area contributed by atoms with Crippen molar-refractivity contribution in [2.45, 2.75) is 56.7 Å². The molecule has 20 heavy (non-hydrogen) atoms. The fourth-order valence-corrected chi connectivity index (χ4v) is 4.83. The lowest BCUT2D eigenvalue weighted by Gasteiger charge is -2.36. The minimum atomic E-state index is 0.594. The van der Waals surface area contributed by atoms with Crippen molar-refractivity contribution in [1.82, 2.24) is 10.2 Å². The van der Waals surface area contributed by atoms with Gasteiger partial charge in [-0.05, 0) is 74.9 Å². The highest BCUT2D eigenvalue weighted by molar-refractivity contribution is 9.10. The lowest BCUT2D eigenvalue weighted by molar-refractivity contribution is 0.161. The van der Waals surface area contributed by atoms with Crippen LogP contribution >= 0.6 is 15.9 Å². The maximum Gasteiger partial charge on any atom is 0.0328 e. The molecule has 4 rings (SSSR count). The Morgan fingerprint density at radius 3 is 3.05 bits per heavy atom. The molecule has 3 heteroatoms. The van der Waals surface area contributed by atoms with E-state index in [1.165, 1.54) is 61.7 Å². The minimum Gasteiger partial charge on any atom is -0.307 e. The Balaban J connectivity index is 1.43. The zero-order valence-electron chi connectivity index (χ0n) is 11.9. The van der Waals surface area contributed by atoms with Crippen LogP contribution in [0.2, 0.25) is 0 Å². The first-order chi connectivity index (χ1) is 9.79. The number of benzene rings is 1. The number of rotatable bonds is 2. The van der Waals surface area contributed by atoms with Crippen molar-refractivity contribution in [1.29, 1.82) is 0 Å².